The molecule has 72 valence electrons. The summed E-state index contributed by atoms with van der Waals surface area (Å²) in [6.45, 7) is 3.09. The highest BCUT2D eigenvalue weighted by Crippen LogP contribution is 2.17. The van der Waals surface area contributed by atoms with E-state index in [1.54, 1.807) is 10.9 Å². The Bertz CT molecular complexity index is 308. The van der Waals surface area contributed by atoms with Gasteiger partial charge in [0.25, 0.3) is 0 Å². The van der Waals surface area contributed by atoms with Crippen molar-refractivity contribution in [3.05, 3.63) is 16.4 Å². The predicted molar refractivity (Wildman–Crippen MR) is 53.6 cm³/mol. The molecule has 13 heavy (non-hydrogen) atoms. The van der Waals surface area contributed by atoms with Gasteiger partial charge in [-0.1, -0.05) is 0 Å². The van der Waals surface area contributed by atoms with Crippen molar-refractivity contribution < 1.29 is 4.79 Å². The van der Waals surface area contributed by atoms with Crippen LogP contribution in [0.4, 0.5) is 0 Å². The molecule has 2 N–H and O–H groups in total. The molecule has 0 radical (unpaired) electrons. The lowest BCUT2D eigenvalue weighted by Crippen LogP contribution is -2.08. The molecule has 1 heterocycles. The van der Waals surface area contributed by atoms with Gasteiger partial charge in [0.05, 0.1) is 11.8 Å². The Hall–Kier alpha value is -0.680. The Labute approximate surface area is 85.2 Å². The van der Waals surface area contributed by atoms with Gasteiger partial charge in [-0.25, -0.2) is 0 Å². The second-order valence-electron chi connectivity index (χ2n) is 2.63. The molecule has 0 aliphatic rings. The first-order chi connectivity index (χ1) is 6.20. The number of ketones is 1. The second-order valence-corrected chi connectivity index (χ2v) is 3.38. The van der Waals surface area contributed by atoms with Crippen molar-refractivity contribution in [2.24, 2.45) is 5.73 Å². The molecule has 0 saturated carbocycles. The molecular formula is C8H12BrN3O. The van der Waals surface area contributed by atoms with E-state index in [0.717, 1.165) is 11.1 Å². The summed E-state index contributed by atoms with van der Waals surface area (Å²) < 4.78 is 2.47. The normalized spacial score (nSPS) is 10.4. The largest absolute Gasteiger partial charge is 0.330 e. The number of aryl methyl sites for hydroxylation is 1. The summed E-state index contributed by atoms with van der Waals surface area (Å²) in [6, 6.07) is 0. The Morgan fingerprint density at radius 1 is 1.77 bits per heavy atom. The number of rotatable bonds is 4. The summed E-state index contributed by atoms with van der Waals surface area (Å²) in [5.74, 6) is 0.0362. The monoisotopic (exact) mass is 245 g/mol. The molecule has 0 atom stereocenters. The molecule has 0 aliphatic carbocycles. The lowest BCUT2D eigenvalue weighted by Gasteiger charge is -1.98. The molecule has 1 aromatic rings. The zero-order valence-corrected chi connectivity index (χ0v) is 9.04. The molecule has 0 unspecified atom stereocenters. The van der Waals surface area contributed by atoms with E-state index in [4.69, 9.17) is 5.73 Å². The molecule has 4 nitrogen and oxygen atoms in total. The Kier molecular flexibility index (Phi) is 3.62. The van der Waals surface area contributed by atoms with Gasteiger partial charge >= 0.3 is 0 Å². The summed E-state index contributed by atoms with van der Waals surface area (Å²) in [5, 5.41) is 4.05. The van der Waals surface area contributed by atoms with Crippen LogP contribution < -0.4 is 5.73 Å². The van der Waals surface area contributed by atoms with Crippen molar-refractivity contribution in [3.63, 3.8) is 0 Å². The molecule has 0 amide bonds. The molecule has 5 heteroatoms. The van der Waals surface area contributed by atoms with Crippen LogP contribution in [0, 0.1) is 0 Å². The fourth-order valence-corrected chi connectivity index (χ4v) is 1.71. The zero-order chi connectivity index (χ0) is 9.84. The van der Waals surface area contributed by atoms with Crippen LogP contribution >= 0.6 is 15.9 Å². The number of aromatic nitrogens is 2. The molecule has 0 saturated heterocycles. The van der Waals surface area contributed by atoms with Gasteiger partial charge in [0, 0.05) is 13.0 Å². The SMILES string of the molecule is CCn1ncc(C(=O)CCN)c1Br. The van der Waals surface area contributed by atoms with E-state index in [1.165, 1.54) is 0 Å². The summed E-state index contributed by atoms with van der Waals surface area (Å²) in [7, 11) is 0. The van der Waals surface area contributed by atoms with Crippen molar-refractivity contribution in [1.29, 1.82) is 0 Å². The highest BCUT2D eigenvalue weighted by Gasteiger charge is 2.13. The van der Waals surface area contributed by atoms with Crippen LogP contribution in [0.1, 0.15) is 23.7 Å². The number of carbonyl (C=O) groups is 1. The van der Waals surface area contributed by atoms with E-state index in [2.05, 4.69) is 21.0 Å². The number of halogens is 1. The third-order valence-electron chi connectivity index (χ3n) is 1.75. The number of Topliss-reactive ketones (excluding diaryl/α,β-unsaturated/α-hetero) is 1. The number of carbonyl (C=O) groups excluding carboxylic acids is 1. The van der Waals surface area contributed by atoms with Crippen molar-refractivity contribution in [2.45, 2.75) is 19.9 Å². The van der Waals surface area contributed by atoms with E-state index in [0.29, 0.717) is 18.5 Å². The third-order valence-corrected chi connectivity index (χ3v) is 2.58. The Morgan fingerprint density at radius 2 is 2.46 bits per heavy atom. The van der Waals surface area contributed by atoms with Gasteiger partial charge in [-0.2, -0.15) is 5.10 Å². The first kappa shape index (κ1) is 10.4. The summed E-state index contributed by atoms with van der Waals surface area (Å²) >= 11 is 3.32. The molecular weight excluding hydrogens is 234 g/mol. The van der Waals surface area contributed by atoms with Gasteiger partial charge in [-0.15, -0.1) is 0 Å². The number of nitrogens with two attached hydrogens (primary N) is 1. The molecule has 0 spiro atoms. The van der Waals surface area contributed by atoms with Gasteiger partial charge in [-0.05, 0) is 29.4 Å². The van der Waals surface area contributed by atoms with Gasteiger partial charge in [-0.3, -0.25) is 9.48 Å². The molecule has 0 aliphatic heterocycles. The standard InChI is InChI=1S/C8H12BrN3O/c1-2-12-8(9)6(5-11-12)7(13)3-4-10/h5H,2-4,10H2,1H3. The topological polar surface area (TPSA) is 60.9 Å². The number of nitrogens with zero attached hydrogens (tertiary/aromatic N) is 2. The maximum Gasteiger partial charge on any atom is 0.168 e. The summed E-state index contributed by atoms with van der Waals surface area (Å²) in [5.41, 5.74) is 5.91. The van der Waals surface area contributed by atoms with Gasteiger partial charge < -0.3 is 5.73 Å². The van der Waals surface area contributed by atoms with Crippen LogP contribution in [0.5, 0.6) is 0 Å². The van der Waals surface area contributed by atoms with E-state index < -0.39 is 0 Å². The Morgan fingerprint density at radius 3 is 2.92 bits per heavy atom. The minimum Gasteiger partial charge on any atom is -0.330 e. The molecule has 0 fully saturated rings. The third kappa shape index (κ3) is 2.16. The molecule has 0 aromatic carbocycles. The van der Waals surface area contributed by atoms with Gasteiger partial charge in [0.1, 0.15) is 4.60 Å². The predicted octanol–water partition coefficient (Wildman–Crippen LogP) is 1.20. The lowest BCUT2D eigenvalue weighted by molar-refractivity contribution is 0.0984. The highest BCUT2D eigenvalue weighted by atomic mass is 79.9. The van der Waals surface area contributed by atoms with Crippen molar-refractivity contribution in [2.75, 3.05) is 6.54 Å². The van der Waals surface area contributed by atoms with Crippen LogP contribution in [0.3, 0.4) is 0 Å². The van der Waals surface area contributed by atoms with Crippen molar-refractivity contribution in [3.8, 4) is 0 Å². The van der Waals surface area contributed by atoms with E-state index in [9.17, 15) is 4.79 Å². The Balaban J connectivity index is 2.89. The minimum atomic E-state index is 0.0362. The van der Waals surface area contributed by atoms with Crippen LogP contribution in [0.15, 0.2) is 10.8 Å². The maximum atomic E-state index is 11.4. The van der Waals surface area contributed by atoms with Crippen molar-refractivity contribution in [1.82, 2.24) is 9.78 Å². The van der Waals surface area contributed by atoms with Crippen LogP contribution in [-0.4, -0.2) is 22.1 Å². The van der Waals surface area contributed by atoms with Gasteiger partial charge in [0.15, 0.2) is 5.78 Å². The number of hydrogen-bond acceptors (Lipinski definition) is 3. The van der Waals surface area contributed by atoms with Gasteiger partial charge in [0.2, 0.25) is 0 Å². The molecule has 0 bridgehead atoms. The number of hydrogen-bond donors (Lipinski definition) is 1. The lowest BCUT2D eigenvalue weighted by atomic mass is 10.2. The average molecular weight is 246 g/mol. The summed E-state index contributed by atoms with van der Waals surface area (Å²) in [4.78, 5) is 11.4. The molecule has 1 aromatic heterocycles. The summed E-state index contributed by atoms with van der Waals surface area (Å²) in [6.07, 6.45) is 1.94. The van der Waals surface area contributed by atoms with E-state index >= 15 is 0 Å². The van der Waals surface area contributed by atoms with Crippen LogP contribution in [-0.2, 0) is 6.54 Å². The van der Waals surface area contributed by atoms with Crippen molar-refractivity contribution >= 4 is 21.7 Å². The fraction of sp³-hybridized carbons (Fsp3) is 0.500. The van der Waals surface area contributed by atoms with E-state index in [1.807, 2.05) is 6.92 Å². The fourth-order valence-electron chi connectivity index (χ4n) is 1.04. The van der Waals surface area contributed by atoms with Crippen LogP contribution in [0.25, 0.3) is 0 Å². The first-order valence-corrected chi connectivity index (χ1v) is 4.94. The highest BCUT2D eigenvalue weighted by molar-refractivity contribution is 9.10. The zero-order valence-electron chi connectivity index (χ0n) is 7.46. The minimum absolute atomic E-state index is 0.0362. The first-order valence-electron chi connectivity index (χ1n) is 4.15. The second kappa shape index (κ2) is 4.53. The average Bonchev–Trinajstić information content (AvgIpc) is 2.47. The maximum absolute atomic E-state index is 11.4. The van der Waals surface area contributed by atoms with E-state index in [-0.39, 0.29) is 5.78 Å². The van der Waals surface area contributed by atoms with Crippen LogP contribution in [0.2, 0.25) is 0 Å². The quantitative estimate of drug-likeness (QED) is 0.812. The molecule has 1 rings (SSSR count). The smallest absolute Gasteiger partial charge is 0.168 e.